The number of aliphatic hydroxyl groups is 1. The first-order chi connectivity index (χ1) is 9.76. The molecule has 0 spiro atoms. The van der Waals surface area contributed by atoms with E-state index in [2.05, 4.69) is 15.0 Å². The van der Waals surface area contributed by atoms with E-state index < -0.39 is 0 Å². The summed E-state index contributed by atoms with van der Waals surface area (Å²) >= 11 is 0. The van der Waals surface area contributed by atoms with Crippen LogP contribution in [0, 0.1) is 5.82 Å². The lowest BCUT2D eigenvalue weighted by molar-refractivity contribution is 0.150. The summed E-state index contributed by atoms with van der Waals surface area (Å²) in [7, 11) is 0. The number of rotatable bonds is 4. The molecular weight excluding hydrogens is 261 g/mol. The van der Waals surface area contributed by atoms with Crippen LogP contribution >= 0.6 is 0 Å². The number of benzene rings is 1. The van der Waals surface area contributed by atoms with Gasteiger partial charge in [-0.2, -0.15) is 4.98 Å². The van der Waals surface area contributed by atoms with Crippen LogP contribution < -0.4 is 0 Å². The smallest absolute Gasteiger partial charge is 0.257 e. The molecule has 0 aliphatic carbocycles. The fourth-order valence-electron chi connectivity index (χ4n) is 2.52. The molecule has 0 unspecified atom stereocenters. The van der Waals surface area contributed by atoms with E-state index in [0.717, 1.165) is 19.4 Å². The van der Waals surface area contributed by atoms with Crippen molar-refractivity contribution in [3.05, 3.63) is 35.9 Å². The molecule has 6 heteroatoms. The molecular formula is C14H16FN3O2. The van der Waals surface area contributed by atoms with Crippen molar-refractivity contribution >= 4 is 0 Å². The van der Waals surface area contributed by atoms with E-state index in [-0.39, 0.29) is 18.5 Å². The average molecular weight is 277 g/mol. The number of hydrogen-bond acceptors (Lipinski definition) is 5. The van der Waals surface area contributed by atoms with Gasteiger partial charge in [-0.3, -0.25) is 4.90 Å². The zero-order valence-electron chi connectivity index (χ0n) is 11.0. The number of aromatic nitrogens is 2. The first-order valence-corrected chi connectivity index (χ1v) is 6.69. The topological polar surface area (TPSA) is 62.4 Å². The molecule has 1 aliphatic heterocycles. The SMILES string of the molecule is OC[C@H]1CCCN1Cc1noc(-c2ccc(F)cc2)n1. The molecule has 0 radical (unpaired) electrons. The van der Waals surface area contributed by atoms with Gasteiger partial charge < -0.3 is 9.63 Å². The Morgan fingerprint density at radius 1 is 1.35 bits per heavy atom. The third-order valence-corrected chi connectivity index (χ3v) is 3.61. The summed E-state index contributed by atoms with van der Waals surface area (Å²) in [6.45, 7) is 1.66. The highest BCUT2D eigenvalue weighted by Crippen LogP contribution is 2.21. The zero-order chi connectivity index (χ0) is 13.9. The van der Waals surface area contributed by atoms with E-state index in [1.807, 2.05) is 0 Å². The maximum atomic E-state index is 12.9. The van der Waals surface area contributed by atoms with Gasteiger partial charge in [-0.1, -0.05) is 5.16 Å². The predicted octanol–water partition coefficient (Wildman–Crippen LogP) is 1.83. The second-order valence-electron chi connectivity index (χ2n) is 4.97. The normalized spacial score (nSPS) is 19.6. The van der Waals surface area contributed by atoms with Gasteiger partial charge in [-0.15, -0.1) is 0 Å². The lowest BCUT2D eigenvalue weighted by Gasteiger charge is -2.20. The molecule has 0 saturated carbocycles. The fourth-order valence-corrected chi connectivity index (χ4v) is 2.52. The van der Waals surface area contributed by atoms with Crippen LogP contribution in [0.25, 0.3) is 11.5 Å². The summed E-state index contributed by atoms with van der Waals surface area (Å²) in [4.78, 5) is 6.47. The Kier molecular flexibility index (Phi) is 3.75. The Hall–Kier alpha value is -1.79. The van der Waals surface area contributed by atoms with Crippen molar-refractivity contribution in [1.82, 2.24) is 15.0 Å². The summed E-state index contributed by atoms with van der Waals surface area (Å²) in [5.74, 6) is 0.681. The largest absolute Gasteiger partial charge is 0.395 e. The van der Waals surface area contributed by atoms with Crippen molar-refractivity contribution in [2.75, 3.05) is 13.2 Å². The lowest BCUT2D eigenvalue weighted by atomic mass is 10.2. The van der Waals surface area contributed by atoms with Gasteiger partial charge in [-0.05, 0) is 43.7 Å². The van der Waals surface area contributed by atoms with Crippen LogP contribution in [0.3, 0.4) is 0 Å². The van der Waals surface area contributed by atoms with Crippen molar-refractivity contribution < 1.29 is 14.0 Å². The third kappa shape index (κ3) is 2.71. The monoisotopic (exact) mass is 277 g/mol. The van der Waals surface area contributed by atoms with Gasteiger partial charge in [-0.25, -0.2) is 4.39 Å². The number of likely N-dealkylation sites (tertiary alicyclic amines) is 1. The Balaban J connectivity index is 1.72. The summed E-state index contributed by atoms with van der Waals surface area (Å²) in [5.41, 5.74) is 0.699. The number of halogens is 1. The van der Waals surface area contributed by atoms with Gasteiger partial charge in [0.25, 0.3) is 5.89 Å². The standard InChI is InChI=1S/C14H16FN3O2/c15-11-5-3-10(4-6-11)14-16-13(17-20-14)8-18-7-1-2-12(18)9-19/h3-6,12,19H,1-2,7-9H2/t12-/m1/s1. The molecule has 1 aliphatic rings. The second-order valence-corrected chi connectivity index (χ2v) is 4.97. The molecule has 0 bridgehead atoms. The van der Waals surface area contributed by atoms with Crippen LogP contribution in [0.15, 0.2) is 28.8 Å². The van der Waals surface area contributed by atoms with Crippen LogP contribution in [0.2, 0.25) is 0 Å². The van der Waals surface area contributed by atoms with E-state index in [0.29, 0.717) is 23.8 Å². The van der Waals surface area contributed by atoms with Crippen LogP contribution in [-0.2, 0) is 6.54 Å². The molecule has 1 atom stereocenters. The van der Waals surface area contributed by atoms with Gasteiger partial charge in [0.05, 0.1) is 13.2 Å². The highest BCUT2D eigenvalue weighted by Gasteiger charge is 2.25. The van der Waals surface area contributed by atoms with Gasteiger partial charge in [0.2, 0.25) is 0 Å². The fraction of sp³-hybridized carbons (Fsp3) is 0.429. The molecule has 2 aromatic rings. The highest BCUT2D eigenvalue weighted by atomic mass is 19.1. The first kappa shape index (κ1) is 13.2. The van der Waals surface area contributed by atoms with Gasteiger partial charge >= 0.3 is 0 Å². The molecule has 106 valence electrons. The van der Waals surface area contributed by atoms with Crippen molar-refractivity contribution in [3.63, 3.8) is 0 Å². The number of aliphatic hydroxyl groups excluding tert-OH is 1. The van der Waals surface area contributed by atoms with Crippen molar-refractivity contribution in [3.8, 4) is 11.5 Å². The van der Waals surface area contributed by atoms with Crippen LogP contribution in [0.4, 0.5) is 4.39 Å². The van der Waals surface area contributed by atoms with Crippen LogP contribution in [-0.4, -0.2) is 39.3 Å². The Bertz CT molecular complexity index is 570. The van der Waals surface area contributed by atoms with E-state index in [9.17, 15) is 9.50 Å². The molecule has 1 N–H and O–H groups in total. The summed E-state index contributed by atoms with van der Waals surface area (Å²) < 4.78 is 18.1. The van der Waals surface area contributed by atoms with E-state index >= 15 is 0 Å². The zero-order valence-corrected chi connectivity index (χ0v) is 11.0. The van der Waals surface area contributed by atoms with Gasteiger partial charge in [0.1, 0.15) is 5.82 Å². The van der Waals surface area contributed by atoms with Crippen LogP contribution in [0.5, 0.6) is 0 Å². The molecule has 2 heterocycles. The molecule has 1 saturated heterocycles. The number of hydrogen-bond donors (Lipinski definition) is 1. The Morgan fingerprint density at radius 2 is 2.15 bits per heavy atom. The summed E-state index contributed by atoms with van der Waals surface area (Å²) in [6.07, 6.45) is 2.08. The molecule has 1 aromatic heterocycles. The Labute approximate surface area is 116 Å². The van der Waals surface area contributed by atoms with Crippen LogP contribution in [0.1, 0.15) is 18.7 Å². The summed E-state index contributed by atoms with van der Waals surface area (Å²) in [6, 6.07) is 6.13. The maximum absolute atomic E-state index is 12.9. The first-order valence-electron chi connectivity index (χ1n) is 6.69. The lowest BCUT2D eigenvalue weighted by Crippen LogP contribution is -2.31. The van der Waals surface area contributed by atoms with E-state index in [1.165, 1.54) is 12.1 Å². The van der Waals surface area contributed by atoms with Gasteiger partial charge in [0.15, 0.2) is 5.82 Å². The van der Waals surface area contributed by atoms with Gasteiger partial charge in [0, 0.05) is 11.6 Å². The molecule has 3 rings (SSSR count). The second kappa shape index (κ2) is 5.68. The quantitative estimate of drug-likeness (QED) is 0.923. The molecule has 1 aromatic carbocycles. The molecule has 5 nitrogen and oxygen atoms in total. The minimum absolute atomic E-state index is 0.155. The average Bonchev–Trinajstić information content (AvgIpc) is 3.09. The minimum atomic E-state index is -0.295. The summed E-state index contributed by atoms with van der Waals surface area (Å²) in [5, 5.41) is 13.2. The third-order valence-electron chi connectivity index (χ3n) is 3.61. The predicted molar refractivity (Wildman–Crippen MR) is 70.2 cm³/mol. The Morgan fingerprint density at radius 3 is 2.90 bits per heavy atom. The molecule has 20 heavy (non-hydrogen) atoms. The minimum Gasteiger partial charge on any atom is -0.395 e. The number of nitrogens with zero attached hydrogens (tertiary/aromatic N) is 3. The van der Waals surface area contributed by atoms with Crippen molar-refractivity contribution in [2.45, 2.75) is 25.4 Å². The van der Waals surface area contributed by atoms with E-state index in [1.54, 1.807) is 12.1 Å². The molecule has 1 fully saturated rings. The maximum Gasteiger partial charge on any atom is 0.257 e. The van der Waals surface area contributed by atoms with Crippen molar-refractivity contribution in [1.29, 1.82) is 0 Å². The highest BCUT2D eigenvalue weighted by molar-refractivity contribution is 5.52. The van der Waals surface area contributed by atoms with E-state index in [4.69, 9.17) is 4.52 Å². The van der Waals surface area contributed by atoms with Crippen molar-refractivity contribution in [2.24, 2.45) is 0 Å². The molecule has 0 amide bonds.